The molecule has 0 unspecified atom stereocenters. The molecule has 7 rings (SSSR count). The molecule has 6 aromatic carbocycles. The maximum atomic E-state index is 9.87. The van der Waals surface area contributed by atoms with Crippen LogP contribution in [0.3, 0.4) is 0 Å². The lowest BCUT2D eigenvalue weighted by Crippen LogP contribution is -2.13. The second-order valence-corrected chi connectivity index (χ2v) is 13.7. The number of nitrogens with zero attached hydrogens (tertiary/aromatic N) is 2. The minimum absolute atomic E-state index is 0.0376. The number of benzene rings is 6. The summed E-state index contributed by atoms with van der Waals surface area (Å²) in [6, 6.07) is 39.1. The summed E-state index contributed by atoms with van der Waals surface area (Å²) in [6.07, 6.45) is 1.01. The van der Waals surface area contributed by atoms with Crippen LogP contribution in [0.5, 0.6) is 0 Å². The van der Waals surface area contributed by atoms with Crippen LogP contribution in [0.25, 0.3) is 43.8 Å². The summed E-state index contributed by atoms with van der Waals surface area (Å²) in [7, 11) is 0. The second-order valence-electron chi connectivity index (χ2n) is 13.7. The van der Waals surface area contributed by atoms with Crippen LogP contribution in [0.15, 0.2) is 108 Å². The van der Waals surface area contributed by atoms with Crippen molar-refractivity contribution in [3.63, 3.8) is 0 Å². The average molecular weight is 613 g/mol. The zero-order valence-corrected chi connectivity index (χ0v) is 28.3. The van der Waals surface area contributed by atoms with Gasteiger partial charge in [-0.25, -0.2) is 0 Å². The van der Waals surface area contributed by atoms with Gasteiger partial charge in [0.25, 0.3) is 0 Å². The lowest BCUT2D eigenvalue weighted by atomic mass is 9.87. The molecule has 0 radical (unpaired) electrons. The Labute approximate surface area is 277 Å². The standard InChI is InChI=1S/C44H40N2O/c1-8-30-12-9-14-35-29(4)39(24-28(3)41(30)35)38-25-34(21-18-27(38)2)46(33-22-19-32(20-23-33)44(5,6)7)40-17-11-16-37-36-15-10-13-31(26-45)42(36)47-43(37)40/h9-25H,8H2,1-7H3. The lowest BCUT2D eigenvalue weighted by Gasteiger charge is -2.28. The second kappa shape index (κ2) is 11.5. The summed E-state index contributed by atoms with van der Waals surface area (Å²) >= 11 is 0. The van der Waals surface area contributed by atoms with Crippen LogP contribution >= 0.6 is 0 Å². The third-order valence-electron chi connectivity index (χ3n) is 9.72. The van der Waals surface area contributed by atoms with Gasteiger partial charge in [0.15, 0.2) is 11.2 Å². The van der Waals surface area contributed by atoms with E-state index in [2.05, 4.69) is 144 Å². The van der Waals surface area contributed by atoms with E-state index in [-0.39, 0.29) is 5.41 Å². The predicted molar refractivity (Wildman–Crippen MR) is 198 cm³/mol. The molecule has 3 nitrogen and oxygen atoms in total. The maximum absolute atomic E-state index is 9.87. The van der Waals surface area contributed by atoms with Gasteiger partial charge >= 0.3 is 0 Å². The molecule has 0 saturated carbocycles. The van der Waals surface area contributed by atoms with Crippen molar-refractivity contribution in [3.05, 3.63) is 137 Å². The fourth-order valence-corrected chi connectivity index (χ4v) is 7.14. The molecule has 0 aliphatic carbocycles. The molecule has 0 fully saturated rings. The van der Waals surface area contributed by atoms with Gasteiger partial charge in [-0.2, -0.15) is 5.26 Å². The van der Waals surface area contributed by atoms with Crippen LogP contribution in [0.2, 0.25) is 0 Å². The van der Waals surface area contributed by atoms with Crippen LogP contribution in [0, 0.1) is 32.1 Å². The Balaban J connectivity index is 1.49. The van der Waals surface area contributed by atoms with Gasteiger partial charge in [0.05, 0.1) is 11.3 Å². The van der Waals surface area contributed by atoms with Gasteiger partial charge in [0, 0.05) is 22.1 Å². The number of nitriles is 1. The normalized spacial score (nSPS) is 11.8. The first-order chi connectivity index (χ1) is 22.6. The van der Waals surface area contributed by atoms with E-state index in [9.17, 15) is 5.26 Å². The summed E-state index contributed by atoms with van der Waals surface area (Å²) in [5, 5.41) is 14.5. The number of furan rings is 1. The highest BCUT2D eigenvalue weighted by molar-refractivity contribution is 6.11. The molecule has 0 aliphatic rings. The number of hydrogen-bond acceptors (Lipinski definition) is 3. The number of hydrogen-bond donors (Lipinski definition) is 0. The summed E-state index contributed by atoms with van der Waals surface area (Å²) in [5.41, 5.74) is 13.9. The molecule has 3 heteroatoms. The Bertz CT molecular complexity index is 2360. The molecular weight excluding hydrogens is 572 g/mol. The number of rotatable bonds is 5. The van der Waals surface area contributed by atoms with E-state index in [0.717, 1.165) is 39.8 Å². The SMILES string of the molecule is CCc1cccc2c(C)c(-c3cc(N(c4ccc(C(C)(C)C)cc4)c4cccc5c4oc4c(C#N)cccc45)ccc3C)cc(C)c12. The van der Waals surface area contributed by atoms with Crippen molar-refractivity contribution in [2.75, 3.05) is 4.90 Å². The minimum Gasteiger partial charge on any atom is -0.452 e. The van der Waals surface area contributed by atoms with Gasteiger partial charge in [-0.15, -0.1) is 0 Å². The smallest absolute Gasteiger partial charge is 0.159 e. The maximum Gasteiger partial charge on any atom is 0.159 e. The van der Waals surface area contributed by atoms with Gasteiger partial charge in [0.2, 0.25) is 0 Å². The number of anilines is 3. The van der Waals surface area contributed by atoms with Crippen molar-refractivity contribution in [2.45, 2.75) is 60.3 Å². The first-order valence-corrected chi connectivity index (χ1v) is 16.5. The van der Waals surface area contributed by atoms with Crippen molar-refractivity contribution in [1.29, 1.82) is 5.26 Å². The molecule has 1 aromatic heterocycles. The van der Waals surface area contributed by atoms with Crippen molar-refractivity contribution in [2.24, 2.45) is 0 Å². The molecule has 232 valence electrons. The van der Waals surface area contributed by atoms with Crippen LogP contribution in [0.4, 0.5) is 17.1 Å². The van der Waals surface area contributed by atoms with Gasteiger partial charge in [-0.1, -0.05) is 94.4 Å². The highest BCUT2D eigenvalue weighted by Crippen LogP contribution is 2.45. The zero-order chi connectivity index (χ0) is 33.0. The molecule has 0 atom stereocenters. The van der Waals surface area contributed by atoms with E-state index in [1.54, 1.807) is 0 Å². The highest BCUT2D eigenvalue weighted by Gasteiger charge is 2.23. The van der Waals surface area contributed by atoms with Crippen molar-refractivity contribution in [3.8, 4) is 17.2 Å². The van der Waals surface area contributed by atoms with Crippen LogP contribution in [-0.2, 0) is 11.8 Å². The molecule has 0 aliphatic heterocycles. The molecule has 0 amide bonds. The highest BCUT2D eigenvalue weighted by atomic mass is 16.3. The van der Waals surface area contributed by atoms with E-state index < -0.39 is 0 Å². The quantitative estimate of drug-likeness (QED) is 0.194. The Morgan fingerprint density at radius 1 is 0.681 bits per heavy atom. The third-order valence-corrected chi connectivity index (χ3v) is 9.72. The van der Waals surface area contributed by atoms with E-state index in [1.165, 1.54) is 49.7 Å². The Morgan fingerprint density at radius 2 is 1.34 bits per heavy atom. The molecule has 0 saturated heterocycles. The predicted octanol–water partition coefficient (Wildman–Crippen LogP) is 12.5. The first-order valence-electron chi connectivity index (χ1n) is 16.5. The summed E-state index contributed by atoms with van der Waals surface area (Å²) in [5.74, 6) is 0. The molecule has 1 heterocycles. The third kappa shape index (κ3) is 5.06. The van der Waals surface area contributed by atoms with E-state index >= 15 is 0 Å². The monoisotopic (exact) mass is 612 g/mol. The molecule has 0 spiro atoms. The number of fused-ring (bicyclic) bond motifs is 4. The fourth-order valence-electron chi connectivity index (χ4n) is 7.14. The van der Waals surface area contributed by atoms with Crippen LogP contribution in [-0.4, -0.2) is 0 Å². The van der Waals surface area contributed by atoms with Gasteiger partial charge in [-0.3, -0.25) is 0 Å². The number of aryl methyl sites for hydroxylation is 4. The van der Waals surface area contributed by atoms with E-state index in [1.807, 2.05) is 18.2 Å². The topological polar surface area (TPSA) is 40.2 Å². The first kappa shape index (κ1) is 30.3. The van der Waals surface area contributed by atoms with Crippen LogP contribution in [0.1, 0.15) is 61.1 Å². The van der Waals surface area contributed by atoms with Gasteiger partial charge in [0.1, 0.15) is 6.07 Å². The Hall–Kier alpha value is -5.33. The van der Waals surface area contributed by atoms with Crippen molar-refractivity contribution < 1.29 is 4.42 Å². The fraction of sp³-hybridized carbons (Fsp3) is 0.205. The molecule has 47 heavy (non-hydrogen) atoms. The van der Waals surface area contributed by atoms with Crippen LogP contribution < -0.4 is 4.90 Å². The largest absolute Gasteiger partial charge is 0.452 e. The van der Waals surface area contributed by atoms with Crippen molar-refractivity contribution in [1.82, 2.24) is 0 Å². The molecule has 0 N–H and O–H groups in total. The molecular formula is C44H40N2O. The molecule has 0 bridgehead atoms. The Morgan fingerprint density at radius 3 is 2.04 bits per heavy atom. The summed E-state index contributed by atoms with van der Waals surface area (Å²) in [4.78, 5) is 2.30. The summed E-state index contributed by atoms with van der Waals surface area (Å²) in [6.45, 7) is 15.7. The minimum atomic E-state index is 0.0376. The average Bonchev–Trinajstić information content (AvgIpc) is 3.46. The zero-order valence-electron chi connectivity index (χ0n) is 28.3. The molecule has 7 aromatic rings. The Kier molecular flexibility index (Phi) is 7.41. The van der Waals surface area contributed by atoms with E-state index in [0.29, 0.717) is 11.1 Å². The van der Waals surface area contributed by atoms with Crippen molar-refractivity contribution >= 4 is 49.8 Å². The van der Waals surface area contributed by atoms with Gasteiger partial charge < -0.3 is 9.32 Å². The number of para-hydroxylation sites is 2. The lowest BCUT2D eigenvalue weighted by molar-refractivity contribution is 0.590. The van der Waals surface area contributed by atoms with Gasteiger partial charge in [-0.05, 0) is 119 Å². The summed E-state index contributed by atoms with van der Waals surface area (Å²) < 4.78 is 6.59. The van der Waals surface area contributed by atoms with E-state index in [4.69, 9.17) is 4.42 Å².